The summed E-state index contributed by atoms with van der Waals surface area (Å²) in [5.41, 5.74) is 0.391. The van der Waals surface area contributed by atoms with Gasteiger partial charge in [-0.1, -0.05) is 18.8 Å². The van der Waals surface area contributed by atoms with E-state index in [1.54, 1.807) is 24.2 Å². The third kappa shape index (κ3) is 14.5. The molecule has 0 saturated carbocycles. The van der Waals surface area contributed by atoms with Gasteiger partial charge in [0.05, 0.1) is 17.1 Å². The van der Waals surface area contributed by atoms with Crippen LogP contribution in [0.4, 0.5) is 0 Å². The van der Waals surface area contributed by atoms with Gasteiger partial charge in [-0.15, -0.1) is 11.8 Å². The zero-order valence-electron chi connectivity index (χ0n) is 15.9. The normalized spacial score (nSPS) is 11.9. The first-order valence-corrected chi connectivity index (χ1v) is 9.89. The van der Waals surface area contributed by atoms with E-state index in [4.69, 9.17) is 4.74 Å². The molecule has 0 aromatic heterocycles. The topological polar surface area (TPSA) is 63.0 Å². The van der Waals surface area contributed by atoms with Gasteiger partial charge in [0.2, 0.25) is 5.91 Å². The quantitative estimate of drug-likeness (QED) is 0.327. The van der Waals surface area contributed by atoms with E-state index in [-0.39, 0.29) is 11.5 Å². The van der Waals surface area contributed by atoms with E-state index in [0.717, 1.165) is 12.0 Å². The Labute approximate surface area is 156 Å². The van der Waals surface area contributed by atoms with Crippen molar-refractivity contribution in [2.45, 2.75) is 52.1 Å². The van der Waals surface area contributed by atoms with Gasteiger partial charge in [-0.3, -0.25) is 14.8 Å². The number of ether oxygens (including phenoxy) is 1. The van der Waals surface area contributed by atoms with Crippen molar-refractivity contribution in [2.24, 2.45) is 9.98 Å². The zero-order valence-corrected chi connectivity index (χ0v) is 16.7. The van der Waals surface area contributed by atoms with Crippen molar-refractivity contribution in [3.05, 3.63) is 11.8 Å². The van der Waals surface area contributed by atoms with Crippen molar-refractivity contribution >= 4 is 30.6 Å². The van der Waals surface area contributed by atoms with Crippen LogP contribution in [-0.2, 0) is 9.53 Å². The number of aliphatic imine (C=N–C) groups is 2. The molecule has 0 bridgehead atoms. The largest absolute Gasteiger partial charge is 0.374 e. The van der Waals surface area contributed by atoms with Crippen molar-refractivity contribution in [3.63, 3.8) is 0 Å². The summed E-state index contributed by atoms with van der Waals surface area (Å²) in [6.45, 7) is 10.7. The molecular formula is C19H31N3O2S. The summed E-state index contributed by atoms with van der Waals surface area (Å²) in [6.07, 6.45) is 8.05. The highest BCUT2D eigenvalue weighted by molar-refractivity contribution is 7.98. The highest BCUT2D eigenvalue weighted by Crippen LogP contribution is 2.08. The number of unbranched alkanes of at least 4 members (excludes halogenated alkanes) is 1. The second-order valence-electron chi connectivity index (χ2n) is 6.04. The lowest BCUT2D eigenvalue weighted by molar-refractivity contribution is -0.122. The maximum absolute atomic E-state index is 11.9. The fourth-order valence-corrected chi connectivity index (χ4v) is 1.96. The Morgan fingerprint density at radius 2 is 2.20 bits per heavy atom. The fraction of sp³-hybridized carbons (Fsp3) is 0.632. The number of carbonyl (C=O) groups excluding carboxylic acids is 1. The van der Waals surface area contributed by atoms with Gasteiger partial charge in [-0.05, 0) is 39.7 Å². The molecule has 0 spiro atoms. The molecule has 0 aliphatic rings. The van der Waals surface area contributed by atoms with E-state index in [0.29, 0.717) is 38.3 Å². The molecule has 0 atom stereocenters. The lowest BCUT2D eigenvalue weighted by Gasteiger charge is -2.25. The van der Waals surface area contributed by atoms with Crippen LogP contribution >= 0.6 is 11.8 Å². The van der Waals surface area contributed by atoms with Gasteiger partial charge in [0.15, 0.2) is 0 Å². The summed E-state index contributed by atoms with van der Waals surface area (Å²) in [5, 5.41) is 2.92. The van der Waals surface area contributed by atoms with Gasteiger partial charge < -0.3 is 10.1 Å². The Balaban J connectivity index is 4.13. The first-order chi connectivity index (χ1) is 11.9. The standard InChI is InChI=1S/C19H31N3O2S/c1-6-12-24-19(2,3)15-22-18(23)11-9-7-8-10-17(13-20-4)14-21-16-25-5/h13-14H,4,6-7,9,11-12,15-16H2,1-3,5H3,(H,22,23)/b17-13-,21-14-. The number of rotatable bonds is 12. The minimum atomic E-state index is -0.334. The minimum Gasteiger partial charge on any atom is -0.374 e. The van der Waals surface area contributed by atoms with E-state index in [2.05, 4.69) is 40.8 Å². The molecule has 25 heavy (non-hydrogen) atoms. The van der Waals surface area contributed by atoms with Crippen molar-refractivity contribution in [3.8, 4) is 11.8 Å². The van der Waals surface area contributed by atoms with Gasteiger partial charge in [-0.2, -0.15) is 0 Å². The second-order valence-corrected chi connectivity index (χ2v) is 6.87. The third-order valence-corrected chi connectivity index (χ3v) is 3.42. The number of nitrogens with zero attached hydrogens (tertiary/aromatic N) is 2. The number of carbonyl (C=O) groups is 1. The predicted octanol–water partition coefficient (Wildman–Crippen LogP) is 3.46. The van der Waals surface area contributed by atoms with Crippen LogP contribution in [0.1, 0.15) is 46.5 Å². The lowest BCUT2D eigenvalue weighted by Crippen LogP contribution is -2.40. The molecule has 0 saturated heterocycles. The molecule has 1 N–H and O–H groups in total. The SMILES string of the molecule is C=N/C=C(C#CCCCC(=O)NCC(C)(C)OCCC)\C=N/CSC. The molecule has 0 fully saturated rings. The molecule has 1 amide bonds. The van der Waals surface area contributed by atoms with E-state index in [9.17, 15) is 4.79 Å². The molecule has 6 heteroatoms. The second kappa shape index (κ2) is 14.7. The van der Waals surface area contributed by atoms with Crippen LogP contribution in [-0.4, -0.2) is 49.7 Å². The van der Waals surface area contributed by atoms with Gasteiger partial charge >= 0.3 is 0 Å². The number of thioether (sulfide) groups is 1. The molecule has 0 unspecified atom stereocenters. The average Bonchev–Trinajstić information content (AvgIpc) is 2.58. The zero-order chi connectivity index (χ0) is 19.0. The molecular weight excluding hydrogens is 334 g/mol. The van der Waals surface area contributed by atoms with Crippen LogP contribution in [0.5, 0.6) is 0 Å². The highest BCUT2D eigenvalue weighted by atomic mass is 32.2. The van der Waals surface area contributed by atoms with Crippen molar-refractivity contribution in [2.75, 3.05) is 25.3 Å². The number of nitrogens with one attached hydrogen (secondary N) is 1. The first-order valence-electron chi connectivity index (χ1n) is 8.49. The summed E-state index contributed by atoms with van der Waals surface area (Å²) in [7, 11) is 0. The van der Waals surface area contributed by atoms with Gasteiger partial charge in [0.25, 0.3) is 0 Å². The summed E-state index contributed by atoms with van der Waals surface area (Å²) in [4.78, 5) is 19.8. The Hall–Kier alpha value is -1.58. The van der Waals surface area contributed by atoms with Crippen LogP contribution in [0.3, 0.4) is 0 Å². The van der Waals surface area contributed by atoms with Gasteiger partial charge in [-0.25, -0.2) is 0 Å². The summed E-state index contributed by atoms with van der Waals surface area (Å²) in [6, 6.07) is 0. The number of allylic oxidation sites excluding steroid dienone is 1. The summed E-state index contributed by atoms with van der Waals surface area (Å²) < 4.78 is 5.69. The highest BCUT2D eigenvalue weighted by Gasteiger charge is 2.18. The molecule has 0 aromatic rings. The van der Waals surface area contributed by atoms with Crippen LogP contribution in [0.15, 0.2) is 21.8 Å². The molecule has 0 aliphatic heterocycles. The number of amides is 1. The minimum absolute atomic E-state index is 0.0278. The van der Waals surface area contributed by atoms with Crippen molar-refractivity contribution in [1.29, 1.82) is 0 Å². The third-order valence-electron chi connectivity index (χ3n) is 3.01. The fourth-order valence-electron chi connectivity index (χ4n) is 1.74. The average molecular weight is 366 g/mol. The molecule has 0 heterocycles. The molecule has 0 aliphatic carbocycles. The van der Waals surface area contributed by atoms with Crippen LogP contribution in [0.25, 0.3) is 0 Å². The van der Waals surface area contributed by atoms with Crippen LogP contribution < -0.4 is 5.32 Å². The van der Waals surface area contributed by atoms with Crippen LogP contribution in [0.2, 0.25) is 0 Å². The monoisotopic (exact) mass is 365 g/mol. The van der Waals surface area contributed by atoms with Gasteiger partial charge in [0, 0.05) is 38.4 Å². The lowest BCUT2D eigenvalue weighted by atomic mass is 10.1. The predicted molar refractivity (Wildman–Crippen MR) is 109 cm³/mol. The smallest absolute Gasteiger partial charge is 0.220 e. The molecule has 0 rings (SSSR count). The Morgan fingerprint density at radius 1 is 1.44 bits per heavy atom. The van der Waals surface area contributed by atoms with E-state index < -0.39 is 0 Å². The van der Waals surface area contributed by atoms with Gasteiger partial charge in [0.1, 0.15) is 0 Å². The summed E-state index contributed by atoms with van der Waals surface area (Å²) >= 11 is 1.63. The molecule has 5 nitrogen and oxygen atoms in total. The Kier molecular flexibility index (Phi) is 13.8. The number of hydrogen-bond acceptors (Lipinski definition) is 5. The summed E-state index contributed by atoms with van der Waals surface area (Å²) in [5.74, 6) is 6.76. The molecule has 0 aromatic carbocycles. The Bertz CT molecular complexity index is 516. The first kappa shape index (κ1) is 23.4. The van der Waals surface area contributed by atoms with Crippen molar-refractivity contribution in [1.82, 2.24) is 5.32 Å². The maximum Gasteiger partial charge on any atom is 0.220 e. The van der Waals surface area contributed by atoms with E-state index in [1.165, 1.54) is 0 Å². The number of hydrogen-bond donors (Lipinski definition) is 1. The van der Waals surface area contributed by atoms with E-state index >= 15 is 0 Å². The Morgan fingerprint density at radius 3 is 2.84 bits per heavy atom. The molecule has 0 radical (unpaired) electrons. The molecule has 140 valence electrons. The van der Waals surface area contributed by atoms with Crippen molar-refractivity contribution < 1.29 is 9.53 Å². The maximum atomic E-state index is 11.9. The van der Waals surface area contributed by atoms with Crippen LogP contribution in [0, 0.1) is 11.8 Å². The van der Waals surface area contributed by atoms with E-state index in [1.807, 2.05) is 20.1 Å².